The van der Waals surface area contributed by atoms with Crippen LogP contribution in [-0.2, 0) is 0 Å². The number of pyridine rings is 1. The zero-order chi connectivity index (χ0) is 13.0. The first-order chi connectivity index (χ1) is 8.68. The zero-order valence-electron chi connectivity index (χ0n) is 10.4. The van der Waals surface area contributed by atoms with Crippen molar-refractivity contribution in [3.05, 3.63) is 23.9 Å². The van der Waals surface area contributed by atoms with Crippen LogP contribution in [0.5, 0.6) is 5.88 Å². The summed E-state index contributed by atoms with van der Waals surface area (Å²) in [6, 6.07) is 3.37. The molecule has 1 saturated heterocycles. The van der Waals surface area contributed by atoms with Gasteiger partial charge in [-0.3, -0.25) is 0 Å². The maximum absolute atomic E-state index is 11.0. The van der Waals surface area contributed by atoms with Gasteiger partial charge in [-0.15, -0.1) is 0 Å². The van der Waals surface area contributed by atoms with Crippen molar-refractivity contribution in [2.45, 2.75) is 38.3 Å². The maximum atomic E-state index is 11.0. The summed E-state index contributed by atoms with van der Waals surface area (Å²) in [5.41, 5.74) is 0.111. The number of carbonyl (C=O) groups is 1. The quantitative estimate of drug-likeness (QED) is 0.850. The van der Waals surface area contributed by atoms with E-state index in [1.165, 1.54) is 18.9 Å². The Labute approximate surface area is 106 Å². The molecule has 0 aliphatic carbocycles. The molecule has 1 fully saturated rings. The summed E-state index contributed by atoms with van der Waals surface area (Å²) in [4.78, 5) is 15.0. The monoisotopic (exact) mass is 250 g/mol. The van der Waals surface area contributed by atoms with Gasteiger partial charge in [0.05, 0.1) is 0 Å². The Bertz CT molecular complexity index is 416. The third kappa shape index (κ3) is 2.98. The van der Waals surface area contributed by atoms with E-state index in [1.807, 2.05) is 6.92 Å². The van der Waals surface area contributed by atoms with Gasteiger partial charge >= 0.3 is 5.97 Å². The maximum Gasteiger partial charge on any atom is 0.341 e. The lowest BCUT2D eigenvalue weighted by atomic mass is 10.0. The second-order valence-electron chi connectivity index (χ2n) is 4.54. The molecule has 1 aliphatic rings. The molecule has 0 aromatic carbocycles. The molecule has 0 bridgehead atoms. The highest BCUT2D eigenvalue weighted by Gasteiger charge is 2.23. The molecule has 2 unspecified atom stereocenters. The van der Waals surface area contributed by atoms with Crippen LogP contribution in [0.4, 0.5) is 0 Å². The van der Waals surface area contributed by atoms with Crippen LogP contribution in [-0.4, -0.2) is 34.8 Å². The fraction of sp³-hybridized carbons (Fsp3) is 0.538. The molecule has 18 heavy (non-hydrogen) atoms. The number of hydrogen-bond acceptors (Lipinski definition) is 4. The van der Waals surface area contributed by atoms with Crippen LogP contribution in [0.2, 0.25) is 0 Å². The van der Waals surface area contributed by atoms with Crippen molar-refractivity contribution in [1.29, 1.82) is 0 Å². The smallest absolute Gasteiger partial charge is 0.341 e. The van der Waals surface area contributed by atoms with Gasteiger partial charge in [0.25, 0.3) is 0 Å². The number of piperidine rings is 1. The van der Waals surface area contributed by atoms with Crippen LogP contribution in [0, 0.1) is 0 Å². The highest BCUT2D eigenvalue weighted by atomic mass is 16.5. The highest BCUT2D eigenvalue weighted by Crippen LogP contribution is 2.19. The lowest BCUT2D eigenvalue weighted by Crippen LogP contribution is -2.44. The average molecular weight is 250 g/mol. The normalized spacial score (nSPS) is 21.3. The Morgan fingerprint density at radius 2 is 2.44 bits per heavy atom. The lowest BCUT2D eigenvalue weighted by Gasteiger charge is -2.29. The fourth-order valence-corrected chi connectivity index (χ4v) is 2.19. The Kier molecular flexibility index (Phi) is 4.15. The molecule has 2 N–H and O–H groups in total. The predicted octanol–water partition coefficient (Wildman–Crippen LogP) is 1.69. The SMILES string of the molecule is CC(Oc1ncccc1C(=O)O)C1CCCCN1. The van der Waals surface area contributed by atoms with E-state index < -0.39 is 5.97 Å². The van der Waals surface area contributed by atoms with Gasteiger partial charge < -0.3 is 15.2 Å². The molecule has 0 radical (unpaired) electrons. The molecule has 0 saturated carbocycles. The van der Waals surface area contributed by atoms with E-state index in [1.54, 1.807) is 12.3 Å². The summed E-state index contributed by atoms with van der Waals surface area (Å²) in [5, 5.41) is 12.4. The number of carboxylic acid groups (broad SMARTS) is 1. The fourth-order valence-electron chi connectivity index (χ4n) is 2.19. The van der Waals surface area contributed by atoms with Crippen molar-refractivity contribution >= 4 is 5.97 Å². The van der Waals surface area contributed by atoms with Gasteiger partial charge in [0.2, 0.25) is 5.88 Å². The summed E-state index contributed by atoms with van der Waals surface area (Å²) in [5.74, 6) is -0.813. The second kappa shape index (κ2) is 5.82. The summed E-state index contributed by atoms with van der Waals surface area (Å²) in [6.45, 7) is 2.94. The van der Waals surface area contributed by atoms with Gasteiger partial charge in [0.15, 0.2) is 0 Å². The van der Waals surface area contributed by atoms with Gasteiger partial charge in [-0.2, -0.15) is 0 Å². The molecule has 2 atom stereocenters. The number of aromatic nitrogens is 1. The number of ether oxygens (including phenoxy) is 1. The van der Waals surface area contributed by atoms with E-state index in [9.17, 15) is 4.79 Å². The van der Waals surface area contributed by atoms with Gasteiger partial charge in [0.1, 0.15) is 11.7 Å². The molecule has 5 heteroatoms. The Balaban J connectivity index is 2.06. The summed E-state index contributed by atoms with van der Waals surface area (Å²) < 4.78 is 5.69. The van der Waals surface area contributed by atoms with E-state index in [0.29, 0.717) is 0 Å². The lowest BCUT2D eigenvalue weighted by molar-refractivity contribution is 0.0684. The van der Waals surface area contributed by atoms with Crippen molar-refractivity contribution < 1.29 is 14.6 Å². The molecule has 1 aromatic heterocycles. The van der Waals surface area contributed by atoms with E-state index in [-0.39, 0.29) is 23.6 Å². The average Bonchev–Trinajstić information content (AvgIpc) is 2.40. The van der Waals surface area contributed by atoms with Gasteiger partial charge in [-0.05, 0) is 38.4 Å². The first-order valence-electron chi connectivity index (χ1n) is 6.27. The summed E-state index contributed by atoms with van der Waals surface area (Å²) in [7, 11) is 0. The molecule has 2 rings (SSSR count). The van der Waals surface area contributed by atoms with E-state index in [0.717, 1.165) is 13.0 Å². The molecule has 98 valence electrons. The molecule has 1 aromatic rings. The van der Waals surface area contributed by atoms with Gasteiger partial charge in [-0.1, -0.05) is 6.42 Å². The molecule has 5 nitrogen and oxygen atoms in total. The first kappa shape index (κ1) is 12.8. The minimum absolute atomic E-state index is 0.0849. The Morgan fingerprint density at radius 3 is 3.11 bits per heavy atom. The van der Waals surface area contributed by atoms with Crippen LogP contribution in [0.15, 0.2) is 18.3 Å². The van der Waals surface area contributed by atoms with Gasteiger partial charge in [-0.25, -0.2) is 9.78 Å². The van der Waals surface area contributed by atoms with Crippen molar-refractivity contribution in [3.63, 3.8) is 0 Å². The minimum Gasteiger partial charge on any atom is -0.477 e. The number of carboxylic acids is 1. The number of nitrogens with zero attached hydrogens (tertiary/aromatic N) is 1. The molecule has 1 aliphatic heterocycles. The topological polar surface area (TPSA) is 71.5 Å². The van der Waals surface area contributed by atoms with Crippen LogP contribution in [0.3, 0.4) is 0 Å². The van der Waals surface area contributed by atoms with Crippen molar-refractivity contribution in [2.24, 2.45) is 0 Å². The van der Waals surface area contributed by atoms with Crippen LogP contribution in [0.25, 0.3) is 0 Å². The summed E-state index contributed by atoms with van der Waals surface area (Å²) in [6.07, 6.45) is 4.88. The molecular formula is C13H18N2O3. The standard InChI is InChI=1S/C13H18N2O3/c1-9(11-6-2-3-7-14-11)18-12-10(13(16)17)5-4-8-15-12/h4-5,8-9,11,14H,2-3,6-7H2,1H3,(H,16,17). The van der Waals surface area contributed by atoms with Crippen molar-refractivity contribution in [1.82, 2.24) is 10.3 Å². The number of nitrogens with one attached hydrogen (secondary N) is 1. The van der Waals surface area contributed by atoms with E-state index in [2.05, 4.69) is 10.3 Å². The number of rotatable bonds is 4. The molecular weight excluding hydrogens is 232 g/mol. The van der Waals surface area contributed by atoms with E-state index >= 15 is 0 Å². The van der Waals surface area contributed by atoms with Crippen molar-refractivity contribution in [2.75, 3.05) is 6.54 Å². The largest absolute Gasteiger partial charge is 0.477 e. The number of aromatic carboxylic acids is 1. The van der Waals surface area contributed by atoms with E-state index in [4.69, 9.17) is 9.84 Å². The van der Waals surface area contributed by atoms with Crippen LogP contribution >= 0.6 is 0 Å². The van der Waals surface area contributed by atoms with Gasteiger partial charge in [0, 0.05) is 12.2 Å². The Hall–Kier alpha value is -1.62. The Morgan fingerprint density at radius 1 is 1.61 bits per heavy atom. The van der Waals surface area contributed by atoms with Crippen LogP contribution < -0.4 is 10.1 Å². The first-order valence-corrected chi connectivity index (χ1v) is 6.27. The molecule has 2 heterocycles. The number of hydrogen-bond donors (Lipinski definition) is 2. The molecule has 0 spiro atoms. The molecule has 0 amide bonds. The second-order valence-corrected chi connectivity index (χ2v) is 4.54. The van der Waals surface area contributed by atoms with Crippen molar-refractivity contribution in [3.8, 4) is 5.88 Å². The summed E-state index contributed by atoms with van der Waals surface area (Å²) >= 11 is 0. The predicted molar refractivity (Wildman–Crippen MR) is 66.9 cm³/mol. The third-order valence-electron chi connectivity index (χ3n) is 3.21. The van der Waals surface area contributed by atoms with Crippen LogP contribution in [0.1, 0.15) is 36.5 Å². The highest BCUT2D eigenvalue weighted by molar-refractivity contribution is 5.90. The minimum atomic E-state index is -1.01. The third-order valence-corrected chi connectivity index (χ3v) is 3.21. The zero-order valence-corrected chi connectivity index (χ0v) is 10.4.